The second-order valence-corrected chi connectivity index (χ2v) is 9.93. The van der Waals surface area contributed by atoms with Crippen LogP contribution in [0.25, 0.3) is 0 Å². The minimum Gasteiger partial charge on any atom is -0.300 e. The molecule has 32 heavy (non-hydrogen) atoms. The molecule has 1 unspecified atom stereocenters. The van der Waals surface area contributed by atoms with Gasteiger partial charge in [0.05, 0.1) is 17.7 Å². The van der Waals surface area contributed by atoms with Gasteiger partial charge in [-0.1, -0.05) is 68.6 Å². The summed E-state index contributed by atoms with van der Waals surface area (Å²) in [5.74, 6) is -1.20. The maximum absolute atomic E-state index is 13.7. The van der Waals surface area contributed by atoms with Gasteiger partial charge in [-0.05, 0) is 24.1 Å². The monoisotopic (exact) mass is 475 g/mol. The van der Waals surface area contributed by atoms with E-state index >= 15 is 0 Å². The number of carbonyl (C=O) groups is 2. The van der Waals surface area contributed by atoms with E-state index in [0.29, 0.717) is 22.0 Å². The summed E-state index contributed by atoms with van der Waals surface area (Å²) in [6.07, 6.45) is 2.34. The highest BCUT2D eigenvalue weighted by molar-refractivity contribution is 7.89. The molecule has 7 nitrogen and oxygen atoms in total. The molecule has 0 spiro atoms. The molecule has 1 aliphatic heterocycles. The fraction of sp³-hybridized carbons (Fsp3) is 0.348. The number of nitrogens with one attached hydrogen (secondary N) is 1. The molecule has 3 rings (SSSR count). The lowest BCUT2D eigenvalue weighted by Gasteiger charge is -2.27. The lowest BCUT2D eigenvalue weighted by molar-refractivity contribution is -0.124. The number of nitrogens with zero attached hydrogens (tertiary/aromatic N) is 2. The number of sulfonamides is 1. The molecular weight excluding hydrogens is 450 g/mol. The molecule has 170 valence electrons. The van der Waals surface area contributed by atoms with Crippen LogP contribution in [0.15, 0.2) is 53.5 Å². The van der Waals surface area contributed by atoms with Gasteiger partial charge in [-0.15, -0.1) is 0 Å². The van der Waals surface area contributed by atoms with Gasteiger partial charge in [-0.25, -0.2) is 8.42 Å². The smallest absolute Gasteiger partial charge is 0.253 e. The zero-order chi connectivity index (χ0) is 23.5. The molecule has 0 fully saturated rings. The highest BCUT2D eigenvalue weighted by atomic mass is 35.5. The Morgan fingerprint density at radius 3 is 2.41 bits per heavy atom. The first kappa shape index (κ1) is 23.9. The Kier molecular flexibility index (Phi) is 7.36. The van der Waals surface area contributed by atoms with Crippen molar-refractivity contribution in [1.82, 2.24) is 4.72 Å². The van der Waals surface area contributed by atoms with Crippen LogP contribution < -0.4 is 9.62 Å². The first-order valence-electron chi connectivity index (χ1n) is 10.4. The number of anilines is 1. The van der Waals surface area contributed by atoms with Crippen molar-refractivity contribution in [1.29, 1.82) is 0 Å². The number of hydrogen-bond acceptors (Lipinski definition) is 5. The third-order valence-corrected chi connectivity index (χ3v) is 6.27. The molecular formula is C23H26ClN3O4S. The van der Waals surface area contributed by atoms with Gasteiger partial charge in [0.1, 0.15) is 12.6 Å². The standard InChI is InChI=1S/C23H26ClN3O4S/c1-4-15(5-2)22-23(29)27(14-20(28)26-32(3,30)31)19-12-11-17(24)13-18(19)21(25-22)16-9-7-6-8-10-16/h6-13,15,22H,4-5,14H2,1-3H3,(H,26,28). The highest BCUT2D eigenvalue weighted by Gasteiger charge is 2.36. The number of amides is 2. The van der Waals surface area contributed by atoms with Crippen LogP contribution in [0.3, 0.4) is 0 Å². The predicted octanol–water partition coefficient (Wildman–Crippen LogP) is 3.40. The molecule has 1 N–H and O–H groups in total. The Morgan fingerprint density at radius 2 is 1.81 bits per heavy atom. The first-order valence-corrected chi connectivity index (χ1v) is 12.7. The summed E-state index contributed by atoms with van der Waals surface area (Å²) >= 11 is 6.30. The van der Waals surface area contributed by atoms with E-state index in [-0.39, 0.29) is 11.8 Å². The molecule has 1 heterocycles. The third kappa shape index (κ3) is 5.37. The van der Waals surface area contributed by atoms with E-state index in [0.717, 1.165) is 24.7 Å². The van der Waals surface area contributed by atoms with Gasteiger partial charge in [0.25, 0.3) is 11.8 Å². The van der Waals surface area contributed by atoms with Crippen molar-refractivity contribution in [3.8, 4) is 0 Å². The molecule has 0 aromatic heterocycles. The summed E-state index contributed by atoms with van der Waals surface area (Å²) < 4.78 is 25.0. The van der Waals surface area contributed by atoms with Crippen LogP contribution in [-0.2, 0) is 19.6 Å². The molecule has 9 heteroatoms. The second kappa shape index (κ2) is 9.83. The molecule has 2 aromatic rings. The molecule has 2 amide bonds. The van der Waals surface area contributed by atoms with Crippen LogP contribution in [0.1, 0.15) is 37.8 Å². The van der Waals surface area contributed by atoms with Crippen molar-refractivity contribution in [2.24, 2.45) is 10.9 Å². The third-order valence-electron chi connectivity index (χ3n) is 5.44. The summed E-state index contributed by atoms with van der Waals surface area (Å²) in [4.78, 5) is 32.4. The Bertz CT molecular complexity index is 1150. The number of benzene rings is 2. The quantitative estimate of drug-likeness (QED) is 0.663. The van der Waals surface area contributed by atoms with E-state index in [4.69, 9.17) is 16.6 Å². The van der Waals surface area contributed by atoms with Crippen LogP contribution in [0, 0.1) is 5.92 Å². The maximum atomic E-state index is 13.7. The SMILES string of the molecule is CCC(CC)C1N=C(c2ccccc2)c2cc(Cl)ccc2N(CC(=O)NS(C)(=O)=O)C1=O. The molecule has 0 saturated carbocycles. The molecule has 0 bridgehead atoms. The van der Waals surface area contributed by atoms with E-state index in [1.54, 1.807) is 18.2 Å². The molecule has 1 aliphatic rings. The number of benzodiazepines with no additional fused rings is 1. The second-order valence-electron chi connectivity index (χ2n) is 7.75. The highest BCUT2D eigenvalue weighted by Crippen LogP contribution is 2.33. The number of aliphatic imine (C=N–C) groups is 1. The van der Waals surface area contributed by atoms with Gasteiger partial charge in [0, 0.05) is 16.1 Å². The average molecular weight is 476 g/mol. The Hall–Kier alpha value is -2.71. The van der Waals surface area contributed by atoms with Crippen molar-refractivity contribution in [3.63, 3.8) is 0 Å². The topological polar surface area (TPSA) is 95.9 Å². The fourth-order valence-electron chi connectivity index (χ4n) is 3.89. The van der Waals surface area contributed by atoms with Crippen molar-refractivity contribution in [2.45, 2.75) is 32.7 Å². The lowest BCUT2D eigenvalue weighted by Crippen LogP contribution is -2.47. The average Bonchev–Trinajstić information content (AvgIpc) is 2.84. The molecule has 0 radical (unpaired) electrons. The minimum atomic E-state index is -3.76. The van der Waals surface area contributed by atoms with Crippen molar-refractivity contribution in [2.75, 3.05) is 17.7 Å². The van der Waals surface area contributed by atoms with E-state index in [2.05, 4.69) is 0 Å². The van der Waals surface area contributed by atoms with Crippen LogP contribution in [0.5, 0.6) is 0 Å². The van der Waals surface area contributed by atoms with Crippen LogP contribution >= 0.6 is 11.6 Å². The largest absolute Gasteiger partial charge is 0.300 e. The van der Waals surface area contributed by atoms with Gasteiger partial charge < -0.3 is 4.90 Å². The first-order chi connectivity index (χ1) is 15.1. The van der Waals surface area contributed by atoms with E-state index in [1.165, 1.54) is 4.90 Å². The number of carbonyl (C=O) groups excluding carboxylic acids is 2. The lowest BCUT2D eigenvalue weighted by atomic mass is 9.93. The summed E-state index contributed by atoms with van der Waals surface area (Å²) in [5.41, 5.74) is 2.50. The summed E-state index contributed by atoms with van der Waals surface area (Å²) in [7, 11) is -3.76. The van der Waals surface area contributed by atoms with Crippen LogP contribution in [0.4, 0.5) is 5.69 Å². The Morgan fingerprint density at radius 1 is 1.16 bits per heavy atom. The van der Waals surface area contributed by atoms with Crippen LogP contribution in [0.2, 0.25) is 5.02 Å². The number of halogens is 1. The van der Waals surface area contributed by atoms with Crippen molar-refractivity contribution in [3.05, 3.63) is 64.7 Å². The van der Waals surface area contributed by atoms with Gasteiger partial charge in [0.15, 0.2) is 0 Å². The number of hydrogen-bond donors (Lipinski definition) is 1. The molecule has 0 saturated heterocycles. The zero-order valence-electron chi connectivity index (χ0n) is 18.2. The summed E-state index contributed by atoms with van der Waals surface area (Å²) in [5, 5.41) is 0.460. The number of fused-ring (bicyclic) bond motifs is 1. The van der Waals surface area contributed by atoms with Gasteiger partial charge in [-0.3, -0.25) is 19.3 Å². The minimum absolute atomic E-state index is 0.0496. The Balaban J connectivity index is 2.21. The normalized spacial score (nSPS) is 16.4. The summed E-state index contributed by atoms with van der Waals surface area (Å²) in [6, 6.07) is 13.8. The van der Waals surface area contributed by atoms with Gasteiger partial charge in [0.2, 0.25) is 10.0 Å². The fourth-order valence-corrected chi connectivity index (χ4v) is 4.54. The van der Waals surface area contributed by atoms with Crippen molar-refractivity contribution < 1.29 is 18.0 Å². The van der Waals surface area contributed by atoms with Gasteiger partial charge >= 0.3 is 0 Å². The Labute approximate surface area is 193 Å². The summed E-state index contributed by atoms with van der Waals surface area (Å²) in [6.45, 7) is 3.54. The van der Waals surface area contributed by atoms with E-state index in [9.17, 15) is 18.0 Å². The van der Waals surface area contributed by atoms with Crippen LogP contribution in [-0.4, -0.2) is 44.8 Å². The zero-order valence-corrected chi connectivity index (χ0v) is 19.8. The van der Waals surface area contributed by atoms with Crippen molar-refractivity contribution >= 4 is 44.8 Å². The predicted molar refractivity (Wildman–Crippen MR) is 127 cm³/mol. The molecule has 2 aromatic carbocycles. The van der Waals surface area contributed by atoms with E-state index < -0.39 is 28.5 Å². The van der Waals surface area contributed by atoms with Gasteiger partial charge in [-0.2, -0.15) is 0 Å². The molecule has 1 atom stereocenters. The number of rotatable bonds is 7. The molecule has 0 aliphatic carbocycles. The maximum Gasteiger partial charge on any atom is 0.253 e. The van der Waals surface area contributed by atoms with E-state index in [1.807, 2.05) is 48.9 Å².